The van der Waals surface area contributed by atoms with Crippen molar-refractivity contribution in [3.05, 3.63) is 28.2 Å². The zero-order chi connectivity index (χ0) is 13.1. The van der Waals surface area contributed by atoms with Crippen LogP contribution in [0.4, 0.5) is 5.69 Å². The van der Waals surface area contributed by atoms with Gasteiger partial charge in [-0.15, -0.1) is 0 Å². The first-order valence-corrected chi connectivity index (χ1v) is 6.72. The molecule has 2 rings (SSSR count). The molecule has 5 heteroatoms. The smallest absolute Gasteiger partial charge is 0.337 e. The van der Waals surface area contributed by atoms with Crippen molar-refractivity contribution in [1.82, 2.24) is 0 Å². The molecule has 18 heavy (non-hydrogen) atoms. The second-order valence-electron chi connectivity index (χ2n) is 4.32. The second-order valence-corrected chi connectivity index (χ2v) is 5.24. The number of halogens is 1. The van der Waals surface area contributed by atoms with Gasteiger partial charge in [-0.1, -0.05) is 22.4 Å². The Kier molecular flexibility index (Phi) is 4.01. The van der Waals surface area contributed by atoms with Gasteiger partial charge < -0.3 is 10.0 Å². The number of hydrogen-bond acceptors (Lipinski definition) is 2. The Morgan fingerprint density at radius 2 is 2.06 bits per heavy atom. The predicted molar refractivity (Wildman–Crippen MR) is 71.9 cm³/mol. The molecule has 0 aliphatic carbocycles. The summed E-state index contributed by atoms with van der Waals surface area (Å²) in [6.07, 6.45) is 3.30. The number of carboxylic acid groups (broad SMARTS) is 1. The van der Waals surface area contributed by atoms with Crippen molar-refractivity contribution in [2.24, 2.45) is 0 Å². The van der Waals surface area contributed by atoms with Gasteiger partial charge in [0.05, 0.1) is 11.3 Å². The summed E-state index contributed by atoms with van der Waals surface area (Å²) in [6, 6.07) is 4.90. The van der Waals surface area contributed by atoms with Crippen LogP contribution in [-0.2, 0) is 4.79 Å². The monoisotopic (exact) mass is 311 g/mol. The predicted octanol–water partition coefficient (Wildman–Crippen LogP) is 3.05. The van der Waals surface area contributed by atoms with Crippen LogP contribution in [0.5, 0.6) is 0 Å². The molecule has 0 radical (unpaired) electrons. The molecule has 1 aliphatic rings. The van der Waals surface area contributed by atoms with Crippen molar-refractivity contribution in [3.63, 3.8) is 0 Å². The fraction of sp³-hybridized carbons (Fsp3) is 0.385. The summed E-state index contributed by atoms with van der Waals surface area (Å²) in [5.41, 5.74) is 0.664. The van der Waals surface area contributed by atoms with Crippen molar-refractivity contribution in [2.45, 2.75) is 25.7 Å². The van der Waals surface area contributed by atoms with Crippen molar-refractivity contribution in [3.8, 4) is 0 Å². The molecule has 1 saturated heterocycles. The Bertz CT molecular complexity index is 487. The molecule has 0 spiro atoms. The van der Waals surface area contributed by atoms with E-state index in [4.69, 9.17) is 0 Å². The highest BCUT2D eigenvalue weighted by Crippen LogP contribution is 2.28. The molecule has 1 fully saturated rings. The molecule has 1 heterocycles. The molecular weight excluding hydrogens is 298 g/mol. The molecule has 0 unspecified atom stereocenters. The first-order valence-electron chi connectivity index (χ1n) is 5.93. The minimum Gasteiger partial charge on any atom is -0.478 e. The largest absolute Gasteiger partial charge is 0.478 e. The third-order valence-electron chi connectivity index (χ3n) is 3.05. The van der Waals surface area contributed by atoms with Crippen molar-refractivity contribution < 1.29 is 14.7 Å². The van der Waals surface area contributed by atoms with E-state index in [1.165, 1.54) is 6.07 Å². The average Bonchev–Trinajstić information content (AvgIpc) is 2.53. The second kappa shape index (κ2) is 5.52. The lowest BCUT2D eigenvalue weighted by Crippen LogP contribution is -2.31. The SMILES string of the molecule is O=C(O)c1ccc(Br)cc1N1CCCCCC1=O. The van der Waals surface area contributed by atoms with Crippen molar-refractivity contribution in [2.75, 3.05) is 11.4 Å². The Hall–Kier alpha value is -1.36. The molecule has 0 saturated carbocycles. The molecule has 0 atom stereocenters. The Morgan fingerprint density at radius 3 is 2.78 bits per heavy atom. The lowest BCUT2D eigenvalue weighted by atomic mass is 10.1. The minimum absolute atomic E-state index is 0.00750. The molecule has 4 nitrogen and oxygen atoms in total. The number of rotatable bonds is 2. The van der Waals surface area contributed by atoms with Crippen molar-refractivity contribution >= 4 is 33.5 Å². The van der Waals surface area contributed by atoms with E-state index in [0.717, 1.165) is 23.7 Å². The molecular formula is C13H14BrNO3. The van der Waals surface area contributed by atoms with Crippen LogP contribution in [0.3, 0.4) is 0 Å². The van der Waals surface area contributed by atoms with E-state index >= 15 is 0 Å². The number of aromatic carboxylic acids is 1. The number of benzene rings is 1. The summed E-state index contributed by atoms with van der Waals surface area (Å²) in [7, 11) is 0. The van der Waals surface area contributed by atoms with E-state index in [1.54, 1.807) is 17.0 Å². The lowest BCUT2D eigenvalue weighted by molar-refractivity contribution is -0.118. The highest BCUT2D eigenvalue weighted by molar-refractivity contribution is 9.10. The molecule has 1 aromatic rings. The quantitative estimate of drug-likeness (QED) is 0.913. The highest BCUT2D eigenvalue weighted by Gasteiger charge is 2.23. The van der Waals surface area contributed by atoms with Gasteiger partial charge in [0.1, 0.15) is 0 Å². The highest BCUT2D eigenvalue weighted by atomic mass is 79.9. The topological polar surface area (TPSA) is 57.6 Å². The zero-order valence-corrected chi connectivity index (χ0v) is 11.4. The molecule has 0 aromatic heterocycles. The van der Waals surface area contributed by atoms with Crippen LogP contribution in [0, 0.1) is 0 Å². The molecule has 1 aromatic carbocycles. The van der Waals surface area contributed by atoms with Crippen LogP contribution in [-0.4, -0.2) is 23.5 Å². The van der Waals surface area contributed by atoms with E-state index < -0.39 is 5.97 Å². The van der Waals surface area contributed by atoms with Gasteiger partial charge in [-0.2, -0.15) is 0 Å². The number of carbonyl (C=O) groups excluding carboxylic acids is 1. The number of anilines is 1. The number of carboxylic acids is 1. The fourth-order valence-electron chi connectivity index (χ4n) is 2.15. The van der Waals surface area contributed by atoms with Crippen molar-refractivity contribution in [1.29, 1.82) is 0 Å². The summed E-state index contributed by atoms with van der Waals surface area (Å²) in [5, 5.41) is 9.19. The van der Waals surface area contributed by atoms with Gasteiger partial charge in [0.25, 0.3) is 0 Å². The van der Waals surface area contributed by atoms with Crippen LogP contribution in [0.25, 0.3) is 0 Å². The Balaban J connectivity index is 2.44. The summed E-state index contributed by atoms with van der Waals surface area (Å²) >= 11 is 3.32. The minimum atomic E-state index is -1.01. The number of nitrogens with zero attached hydrogens (tertiary/aromatic N) is 1. The summed E-state index contributed by atoms with van der Waals surface area (Å²) in [5.74, 6) is -0.998. The molecule has 1 N–H and O–H groups in total. The third kappa shape index (κ3) is 2.72. The van der Waals surface area contributed by atoms with Gasteiger partial charge in [0.2, 0.25) is 5.91 Å². The van der Waals surface area contributed by atoms with Crippen LogP contribution in [0.15, 0.2) is 22.7 Å². The van der Waals surface area contributed by atoms with Gasteiger partial charge in [0.15, 0.2) is 0 Å². The molecule has 1 aliphatic heterocycles. The van der Waals surface area contributed by atoms with Crippen LogP contribution >= 0.6 is 15.9 Å². The van der Waals surface area contributed by atoms with E-state index in [0.29, 0.717) is 18.7 Å². The first kappa shape index (κ1) is 13.1. The molecule has 0 bridgehead atoms. The van der Waals surface area contributed by atoms with E-state index in [1.807, 2.05) is 0 Å². The number of hydrogen-bond donors (Lipinski definition) is 1. The van der Waals surface area contributed by atoms with Gasteiger partial charge in [-0.3, -0.25) is 4.79 Å². The van der Waals surface area contributed by atoms with Gasteiger partial charge in [-0.05, 0) is 31.0 Å². The number of carbonyl (C=O) groups is 2. The maximum absolute atomic E-state index is 12.0. The van der Waals surface area contributed by atoms with Crippen LogP contribution < -0.4 is 4.90 Å². The van der Waals surface area contributed by atoms with Crippen LogP contribution in [0.1, 0.15) is 36.0 Å². The Labute approximate surface area is 114 Å². The summed E-state index contributed by atoms with van der Waals surface area (Å²) in [4.78, 5) is 24.8. The van der Waals surface area contributed by atoms with Gasteiger partial charge >= 0.3 is 5.97 Å². The first-order chi connectivity index (χ1) is 8.59. The summed E-state index contributed by atoms with van der Waals surface area (Å²) < 4.78 is 0.777. The third-order valence-corrected chi connectivity index (χ3v) is 3.55. The molecule has 1 amide bonds. The lowest BCUT2D eigenvalue weighted by Gasteiger charge is -2.22. The normalized spacial score (nSPS) is 16.5. The summed E-state index contributed by atoms with van der Waals surface area (Å²) in [6.45, 7) is 0.593. The van der Waals surface area contributed by atoms with E-state index in [9.17, 15) is 14.7 Å². The van der Waals surface area contributed by atoms with E-state index in [2.05, 4.69) is 15.9 Å². The fourth-order valence-corrected chi connectivity index (χ4v) is 2.50. The zero-order valence-electron chi connectivity index (χ0n) is 9.86. The average molecular weight is 312 g/mol. The van der Waals surface area contributed by atoms with Gasteiger partial charge in [-0.25, -0.2) is 4.79 Å². The van der Waals surface area contributed by atoms with Crippen LogP contribution in [0.2, 0.25) is 0 Å². The Morgan fingerprint density at radius 1 is 1.28 bits per heavy atom. The van der Waals surface area contributed by atoms with E-state index in [-0.39, 0.29) is 11.5 Å². The maximum Gasteiger partial charge on any atom is 0.337 e. The molecule has 96 valence electrons. The van der Waals surface area contributed by atoms with Gasteiger partial charge in [0, 0.05) is 17.4 Å². The number of amides is 1. The maximum atomic E-state index is 12.0. The standard InChI is InChI=1S/C13H14BrNO3/c14-9-5-6-10(13(17)18)11(8-9)15-7-3-1-2-4-12(15)16/h5-6,8H,1-4,7H2,(H,17,18).